The Balaban J connectivity index is 1.16. The second-order valence-electron chi connectivity index (χ2n) is 18.0. The molecular formula is C58H40F2N2O2. The van der Waals surface area contributed by atoms with Gasteiger partial charge in [0, 0.05) is 49.1 Å². The van der Waals surface area contributed by atoms with Crippen molar-refractivity contribution in [1.29, 1.82) is 0 Å². The highest BCUT2D eigenvalue weighted by molar-refractivity contribution is 6.31. The van der Waals surface area contributed by atoms with Crippen LogP contribution in [0.4, 0.5) is 42.9 Å². The molecule has 13 rings (SSSR count). The predicted molar refractivity (Wildman–Crippen MR) is 260 cm³/mol. The van der Waals surface area contributed by atoms with Crippen LogP contribution in [-0.2, 0) is 11.8 Å². The zero-order chi connectivity index (χ0) is 43.0. The van der Waals surface area contributed by atoms with Crippen LogP contribution in [-0.4, -0.2) is 0 Å². The van der Waals surface area contributed by atoms with Gasteiger partial charge < -0.3 is 18.6 Å². The van der Waals surface area contributed by atoms with E-state index in [0.717, 1.165) is 118 Å². The van der Waals surface area contributed by atoms with Crippen molar-refractivity contribution in [1.82, 2.24) is 0 Å². The van der Waals surface area contributed by atoms with Gasteiger partial charge in [-0.2, -0.15) is 0 Å². The number of rotatable bonds is 6. The molecule has 4 nitrogen and oxygen atoms in total. The molecule has 0 N–H and O–H groups in total. The molecule has 0 fully saturated rings. The highest BCUT2D eigenvalue weighted by atomic mass is 19.1. The summed E-state index contributed by atoms with van der Waals surface area (Å²) in [5.74, 6) is -0.595. The number of aryl methyl sites for hydroxylation is 2. The number of fused-ring (bicyclic) bond motifs is 6. The number of furan rings is 2. The fourth-order valence-corrected chi connectivity index (χ4v) is 10.8. The second kappa shape index (κ2) is 13.4. The van der Waals surface area contributed by atoms with Gasteiger partial charge in [-0.05, 0) is 149 Å². The van der Waals surface area contributed by atoms with Crippen LogP contribution >= 0.6 is 0 Å². The highest BCUT2D eigenvalue weighted by Crippen LogP contribution is 2.55. The van der Waals surface area contributed by atoms with Crippen LogP contribution in [0.3, 0.4) is 0 Å². The standard InChI is InChI=1S/C58H40F2N2O2/c1-33-30-49(61(37-22-18-35(59)19-23-37)47-14-8-12-42-40-10-4-6-16-51(40)63-56(42)47)45-32-46-53-34(28-29-58(46,2)3)31-50(44-27-26-39(33)54(45)55(44)53)62(38-24-20-36(60)21-25-38)48-15-9-13-43-41-11-5-7-17-52(41)64-57(43)48/h4-27,30-32H,28-29H2,1-3H3. The number of halogens is 2. The Morgan fingerprint density at radius 1 is 0.453 bits per heavy atom. The van der Waals surface area contributed by atoms with Gasteiger partial charge in [0.15, 0.2) is 11.2 Å². The van der Waals surface area contributed by atoms with Gasteiger partial charge in [0.25, 0.3) is 0 Å². The molecule has 0 unspecified atom stereocenters. The van der Waals surface area contributed by atoms with Crippen LogP contribution in [0.25, 0.3) is 76.2 Å². The Morgan fingerprint density at radius 3 is 1.55 bits per heavy atom. The maximum absolute atomic E-state index is 14.8. The molecule has 0 radical (unpaired) electrons. The van der Waals surface area contributed by atoms with Crippen molar-refractivity contribution < 1.29 is 17.6 Å². The zero-order valence-electron chi connectivity index (χ0n) is 35.5. The summed E-state index contributed by atoms with van der Waals surface area (Å²) in [4.78, 5) is 4.51. The van der Waals surface area contributed by atoms with E-state index >= 15 is 0 Å². The highest BCUT2D eigenvalue weighted by Gasteiger charge is 2.34. The lowest BCUT2D eigenvalue weighted by atomic mass is 9.70. The van der Waals surface area contributed by atoms with Gasteiger partial charge in [0.2, 0.25) is 0 Å². The summed E-state index contributed by atoms with van der Waals surface area (Å²) < 4.78 is 43.0. The van der Waals surface area contributed by atoms with Crippen molar-refractivity contribution in [3.63, 3.8) is 0 Å². The van der Waals surface area contributed by atoms with Gasteiger partial charge in [0.05, 0.1) is 22.7 Å². The molecule has 1 aliphatic rings. The Morgan fingerprint density at radius 2 is 0.969 bits per heavy atom. The number of benzene rings is 10. The van der Waals surface area contributed by atoms with E-state index in [2.05, 4.69) is 109 Å². The van der Waals surface area contributed by atoms with E-state index < -0.39 is 0 Å². The van der Waals surface area contributed by atoms with Crippen LogP contribution in [0.15, 0.2) is 173 Å². The first-order chi connectivity index (χ1) is 31.2. The maximum atomic E-state index is 14.8. The third-order valence-corrected chi connectivity index (χ3v) is 13.9. The van der Waals surface area contributed by atoms with E-state index in [1.807, 2.05) is 60.7 Å². The molecule has 2 aromatic heterocycles. The quantitative estimate of drug-likeness (QED) is 0.156. The molecule has 0 saturated carbocycles. The van der Waals surface area contributed by atoms with Gasteiger partial charge in [-0.1, -0.05) is 86.6 Å². The number of hydrogen-bond donors (Lipinski definition) is 0. The Bertz CT molecular complexity index is 3860. The van der Waals surface area contributed by atoms with E-state index in [0.29, 0.717) is 0 Å². The number of hydrogen-bond acceptors (Lipinski definition) is 4. The van der Waals surface area contributed by atoms with E-state index in [9.17, 15) is 8.78 Å². The average molecular weight is 835 g/mol. The van der Waals surface area contributed by atoms with Gasteiger partial charge in [0.1, 0.15) is 22.8 Å². The molecule has 64 heavy (non-hydrogen) atoms. The molecule has 10 aromatic carbocycles. The van der Waals surface area contributed by atoms with Crippen molar-refractivity contribution in [2.75, 3.05) is 9.80 Å². The normalized spacial score (nSPS) is 13.7. The molecule has 1 aliphatic carbocycles. The van der Waals surface area contributed by atoms with E-state index in [1.165, 1.54) is 46.2 Å². The minimum absolute atomic E-state index is 0.139. The van der Waals surface area contributed by atoms with Crippen LogP contribution in [0.2, 0.25) is 0 Å². The topological polar surface area (TPSA) is 32.8 Å². The van der Waals surface area contributed by atoms with Crippen LogP contribution in [0, 0.1) is 18.6 Å². The minimum Gasteiger partial charge on any atom is -0.454 e. The Labute approximate surface area is 367 Å². The maximum Gasteiger partial charge on any atom is 0.159 e. The summed E-state index contributed by atoms with van der Waals surface area (Å²) >= 11 is 0. The lowest BCUT2D eigenvalue weighted by molar-refractivity contribution is 0.475. The lowest BCUT2D eigenvalue weighted by Gasteiger charge is -2.37. The van der Waals surface area contributed by atoms with Gasteiger partial charge in [-0.15, -0.1) is 0 Å². The predicted octanol–water partition coefficient (Wildman–Crippen LogP) is 17.1. The van der Waals surface area contributed by atoms with E-state index in [1.54, 1.807) is 0 Å². The van der Waals surface area contributed by atoms with Gasteiger partial charge >= 0.3 is 0 Å². The molecule has 0 spiro atoms. The number of nitrogens with zero attached hydrogens (tertiary/aromatic N) is 2. The summed E-state index contributed by atoms with van der Waals surface area (Å²) in [7, 11) is 0. The van der Waals surface area contributed by atoms with E-state index in [-0.39, 0.29) is 17.0 Å². The molecule has 0 atom stereocenters. The van der Waals surface area contributed by atoms with Crippen molar-refractivity contribution in [2.24, 2.45) is 0 Å². The number of para-hydroxylation sites is 4. The second-order valence-corrected chi connectivity index (χ2v) is 18.0. The Hall–Kier alpha value is -7.70. The molecular weight excluding hydrogens is 795 g/mol. The molecule has 0 bridgehead atoms. The van der Waals surface area contributed by atoms with Crippen LogP contribution in [0.1, 0.15) is 37.0 Å². The summed E-state index contributed by atoms with van der Waals surface area (Å²) in [5, 5.41) is 11.1. The third-order valence-electron chi connectivity index (χ3n) is 13.9. The molecule has 308 valence electrons. The van der Waals surface area contributed by atoms with Crippen molar-refractivity contribution in [3.05, 3.63) is 192 Å². The van der Waals surface area contributed by atoms with Gasteiger partial charge in [-0.25, -0.2) is 8.78 Å². The average Bonchev–Trinajstić information content (AvgIpc) is 3.89. The van der Waals surface area contributed by atoms with Crippen molar-refractivity contribution in [2.45, 2.75) is 39.0 Å². The fraction of sp³-hybridized carbons (Fsp3) is 0.103. The molecule has 0 aliphatic heterocycles. The minimum atomic E-state index is -0.299. The molecule has 6 heteroatoms. The van der Waals surface area contributed by atoms with Gasteiger partial charge in [-0.3, -0.25) is 0 Å². The first-order valence-corrected chi connectivity index (χ1v) is 21.9. The SMILES string of the molecule is Cc1cc(N(c2ccc(F)cc2)c2cccc3c2oc2ccccc23)c2cc3c4c(cc(N(c5ccc(F)cc5)c5cccc6c5oc5ccccc56)c5ccc1c2c54)CCC3(C)C. The third kappa shape index (κ3) is 5.26. The summed E-state index contributed by atoms with van der Waals surface area (Å²) in [5.41, 5.74) is 12.1. The van der Waals surface area contributed by atoms with Crippen LogP contribution in [0.5, 0.6) is 0 Å². The summed E-state index contributed by atoms with van der Waals surface area (Å²) in [6.07, 6.45) is 1.85. The monoisotopic (exact) mass is 834 g/mol. The molecule has 0 saturated heterocycles. The van der Waals surface area contributed by atoms with E-state index in [4.69, 9.17) is 8.83 Å². The molecule has 0 amide bonds. The lowest BCUT2D eigenvalue weighted by Crippen LogP contribution is -2.24. The summed E-state index contributed by atoms with van der Waals surface area (Å²) in [6, 6.07) is 54.0. The largest absolute Gasteiger partial charge is 0.454 e. The first-order valence-electron chi connectivity index (χ1n) is 21.9. The fourth-order valence-electron chi connectivity index (χ4n) is 10.8. The summed E-state index contributed by atoms with van der Waals surface area (Å²) in [6.45, 7) is 6.91. The molecule has 12 aromatic rings. The molecule has 2 heterocycles. The Kier molecular flexibility index (Phi) is 7.73. The van der Waals surface area contributed by atoms with Crippen LogP contribution < -0.4 is 9.80 Å². The number of anilines is 6. The first kappa shape index (κ1) is 36.9. The van der Waals surface area contributed by atoms with Crippen molar-refractivity contribution in [3.8, 4) is 0 Å². The zero-order valence-corrected chi connectivity index (χ0v) is 35.5. The smallest absolute Gasteiger partial charge is 0.159 e. The van der Waals surface area contributed by atoms with Crippen molar-refractivity contribution >= 4 is 110 Å².